The maximum absolute atomic E-state index is 13.6. The molecule has 3 fully saturated rings. The van der Waals surface area contributed by atoms with Gasteiger partial charge in [-0.05, 0) is 69.3 Å². The molecule has 9 nitrogen and oxygen atoms in total. The summed E-state index contributed by atoms with van der Waals surface area (Å²) in [7, 11) is -3.58. The minimum atomic E-state index is -3.58. The molecule has 3 unspecified atom stereocenters. The summed E-state index contributed by atoms with van der Waals surface area (Å²) >= 11 is 0. The Bertz CT molecular complexity index is 1110. The first-order chi connectivity index (χ1) is 15.9. The monoisotopic (exact) mass is 475 g/mol. The second-order valence-corrected chi connectivity index (χ2v) is 11.8. The lowest BCUT2D eigenvalue weighted by Gasteiger charge is -2.52. The van der Waals surface area contributed by atoms with Gasteiger partial charge >= 0.3 is 6.09 Å². The van der Waals surface area contributed by atoms with Gasteiger partial charge in [-0.2, -0.15) is 0 Å². The zero-order valence-corrected chi connectivity index (χ0v) is 19.9. The quantitative estimate of drug-likeness (QED) is 0.688. The van der Waals surface area contributed by atoms with Crippen LogP contribution in [0.15, 0.2) is 24.5 Å². The van der Waals surface area contributed by atoms with Crippen molar-refractivity contribution in [2.24, 2.45) is 0 Å². The summed E-state index contributed by atoms with van der Waals surface area (Å²) in [5.41, 5.74) is 2.06. The van der Waals surface area contributed by atoms with Gasteiger partial charge in [0.1, 0.15) is 10.9 Å². The predicted octanol–water partition coefficient (Wildman–Crippen LogP) is 2.68. The number of hydrogen-bond donors (Lipinski definition) is 2. The molecule has 0 aromatic carbocycles. The Balaban J connectivity index is 1.29. The van der Waals surface area contributed by atoms with Gasteiger partial charge in [-0.25, -0.2) is 22.5 Å². The van der Waals surface area contributed by atoms with Gasteiger partial charge in [-0.15, -0.1) is 0 Å². The van der Waals surface area contributed by atoms with E-state index >= 15 is 0 Å². The van der Waals surface area contributed by atoms with Crippen molar-refractivity contribution in [1.82, 2.24) is 24.1 Å². The van der Waals surface area contributed by atoms with Gasteiger partial charge in [-0.3, -0.25) is 4.90 Å². The van der Waals surface area contributed by atoms with Gasteiger partial charge in [-0.1, -0.05) is 6.42 Å². The van der Waals surface area contributed by atoms with Crippen molar-refractivity contribution < 1.29 is 18.3 Å². The molecule has 0 spiro atoms. The Morgan fingerprint density at radius 1 is 1.18 bits per heavy atom. The average molecular weight is 476 g/mol. The topological polar surface area (TPSA) is 110 Å². The van der Waals surface area contributed by atoms with Crippen LogP contribution in [0.2, 0.25) is 0 Å². The summed E-state index contributed by atoms with van der Waals surface area (Å²) < 4.78 is 28.8. The lowest BCUT2D eigenvalue weighted by atomic mass is 9.90. The molecule has 2 aromatic heterocycles. The molecule has 3 saturated heterocycles. The van der Waals surface area contributed by atoms with Crippen LogP contribution in [0.3, 0.4) is 0 Å². The van der Waals surface area contributed by atoms with Crippen LogP contribution in [0, 0.1) is 0 Å². The molecule has 3 aliphatic heterocycles. The minimum Gasteiger partial charge on any atom is -0.465 e. The Labute approximate surface area is 194 Å². The van der Waals surface area contributed by atoms with E-state index < -0.39 is 27.4 Å². The first-order valence-corrected chi connectivity index (χ1v) is 13.5. The zero-order valence-electron chi connectivity index (χ0n) is 19.1. The third kappa shape index (κ3) is 4.02. The van der Waals surface area contributed by atoms with Crippen molar-refractivity contribution in [3.63, 3.8) is 0 Å². The molecule has 5 heterocycles. The van der Waals surface area contributed by atoms with E-state index in [0.717, 1.165) is 49.8 Å². The number of carboxylic acid groups (broad SMARTS) is 1. The van der Waals surface area contributed by atoms with E-state index in [0.29, 0.717) is 13.1 Å². The number of nitrogens with one attached hydrogen (secondary N) is 1. The molecule has 0 aliphatic carbocycles. The fourth-order valence-electron chi connectivity index (χ4n) is 6.00. The highest BCUT2D eigenvalue weighted by molar-refractivity contribution is 7.89. The van der Waals surface area contributed by atoms with Gasteiger partial charge in [0.05, 0.1) is 6.04 Å². The number of fused-ring (bicyclic) bond motifs is 1. The molecule has 1 amide bonds. The Hall–Kier alpha value is -2.17. The molecule has 0 bridgehead atoms. The Morgan fingerprint density at radius 3 is 2.61 bits per heavy atom. The standard InChI is InChI=1S/C23H33N5O4S/c1-16(26-10-3-2-4-11-26)21-20(15-28(21)23(29)30)33(31,32)27-12-7-17(8-13-27)19-14-25-22-18(19)6-5-9-24-22/h5-6,9,14,16-17,20-21H,2-4,7-8,10-13,15H2,1H3,(H,24,25)(H,29,30). The van der Waals surface area contributed by atoms with E-state index in [1.165, 1.54) is 16.9 Å². The summed E-state index contributed by atoms with van der Waals surface area (Å²) in [6, 6.07) is 3.36. The first kappa shape index (κ1) is 22.6. The van der Waals surface area contributed by atoms with E-state index in [2.05, 4.69) is 20.9 Å². The molecule has 2 aromatic rings. The minimum absolute atomic E-state index is 0.0640. The predicted molar refractivity (Wildman–Crippen MR) is 126 cm³/mol. The van der Waals surface area contributed by atoms with E-state index in [4.69, 9.17) is 0 Å². The van der Waals surface area contributed by atoms with Crippen molar-refractivity contribution in [2.75, 3.05) is 32.7 Å². The summed E-state index contributed by atoms with van der Waals surface area (Å²) in [5, 5.41) is 10.1. The van der Waals surface area contributed by atoms with Crippen LogP contribution in [0.25, 0.3) is 11.0 Å². The number of rotatable bonds is 5. The maximum atomic E-state index is 13.6. The summed E-state index contributed by atoms with van der Waals surface area (Å²) in [6.45, 7) is 4.80. The van der Waals surface area contributed by atoms with Gasteiger partial charge in [0.15, 0.2) is 0 Å². The maximum Gasteiger partial charge on any atom is 0.407 e. The molecule has 5 rings (SSSR count). The zero-order chi connectivity index (χ0) is 23.2. The van der Waals surface area contributed by atoms with Gasteiger partial charge in [0, 0.05) is 43.5 Å². The number of piperidine rings is 2. The molecule has 33 heavy (non-hydrogen) atoms. The van der Waals surface area contributed by atoms with Crippen molar-refractivity contribution in [2.45, 2.75) is 62.3 Å². The summed E-state index contributed by atoms with van der Waals surface area (Å²) in [6.07, 6.45) is 7.58. The number of nitrogens with zero attached hydrogens (tertiary/aromatic N) is 4. The van der Waals surface area contributed by atoms with E-state index in [-0.39, 0.29) is 18.5 Å². The van der Waals surface area contributed by atoms with Gasteiger partial charge in [0.25, 0.3) is 0 Å². The number of aromatic amines is 1. The average Bonchev–Trinajstić information content (AvgIpc) is 3.23. The van der Waals surface area contributed by atoms with Crippen LogP contribution < -0.4 is 0 Å². The smallest absolute Gasteiger partial charge is 0.407 e. The number of aromatic nitrogens is 2. The molecular formula is C23H33N5O4S. The number of carbonyl (C=O) groups is 1. The van der Waals surface area contributed by atoms with Crippen LogP contribution in [-0.4, -0.2) is 93.7 Å². The Morgan fingerprint density at radius 2 is 1.91 bits per heavy atom. The normalized spacial score (nSPS) is 26.9. The van der Waals surface area contributed by atoms with Crippen LogP contribution >= 0.6 is 0 Å². The highest BCUT2D eigenvalue weighted by Crippen LogP contribution is 2.37. The molecular weight excluding hydrogens is 442 g/mol. The molecule has 0 saturated carbocycles. The number of pyridine rings is 1. The fraction of sp³-hybridized carbons (Fsp3) is 0.652. The number of H-pyrrole nitrogens is 1. The number of sulfonamides is 1. The van der Waals surface area contributed by atoms with E-state index in [1.54, 1.807) is 10.5 Å². The lowest BCUT2D eigenvalue weighted by molar-refractivity contribution is 0.0191. The summed E-state index contributed by atoms with van der Waals surface area (Å²) in [4.78, 5) is 23.0. The van der Waals surface area contributed by atoms with E-state index in [1.807, 2.05) is 19.2 Å². The third-order valence-corrected chi connectivity index (χ3v) is 10.2. The van der Waals surface area contributed by atoms with Crippen molar-refractivity contribution in [1.29, 1.82) is 0 Å². The second kappa shape index (κ2) is 8.88. The highest BCUT2D eigenvalue weighted by Gasteiger charge is 2.54. The second-order valence-electron chi connectivity index (χ2n) is 9.66. The molecule has 3 atom stereocenters. The number of hydrogen-bond acceptors (Lipinski definition) is 5. The number of likely N-dealkylation sites (tertiary alicyclic amines) is 2. The van der Waals surface area contributed by atoms with Crippen LogP contribution in [0.5, 0.6) is 0 Å². The lowest BCUT2D eigenvalue weighted by Crippen LogP contribution is -2.72. The molecule has 10 heteroatoms. The van der Waals surface area contributed by atoms with Crippen LogP contribution in [0.4, 0.5) is 4.79 Å². The first-order valence-electron chi connectivity index (χ1n) is 12.0. The van der Waals surface area contributed by atoms with E-state index in [9.17, 15) is 18.3 Å². The SMILES string of the molecule is CC(C1C(S(=O)(=O)N2CCC(c3c[nH]c4ncccc34)CC2)CN1C(=O)O)N1CCCCC1. The van der Waals surface area contributed by atoms with Crippen LogP contribution in [-0.2, 0) is 10.0 Å². The van der Waals surface area contributed by atoms with Gasteiger partial charge in [0.2, 0.25) is 10.0 Å². The molecule has 3 aliphatic rings. The largest absolute Gasteiger partial charge is 0.465 e. The molecule has 180 valence electrons. The fourth-order valence-corrected chi connectivity index (χ4v) is 8.18. The summed E-state index contributed by atoms with van der Waals surface area (Å²) in [5.74, 6) is 0.286. The van der Waals surface area contributed by atoms with Crippen molar-refractivity contribution >= 4 is 27.1 Å². The highest BCUT2D eigenvalue weighted by atomic mass is 32.2. The van der Waals surface area contributed by atoms with Gasteiger partial charge < -0.3 is 15.0 Å². The molecule has 0 radical (unpaired) electrons. The van der Waals surface area contributed by atoms with Crippen LogP contribution in [0.1, 0.15) is 50.5 Å². The molecule has 2 N–H and O–H groups in total. The number of amides is 1. The van der Waals surface area contributed by atoms with Crippen molar-refractivity contribution in [3.05, 3.63) is 30.1 Å². The Kier molecular flexibility index (Phi) is 6.09. The third-order valence-electron chi connectivity index (χ3n) is 7.94. The van der Waals surface area contributed by atoms with Crippen molar-refractivity contribution in [3.8, 4) is 0 Å².